The van der Waals surface area contributed by atoms with Crippen molar-refractivity contribution in [2.45, 2.75) is 16.3 Å². The number of carbonyl (C=O) groups is 2. The molecule has 6 nitrogen and oxygen atoms in total. The van der Waals surface area contributed by atoms with Crippen LogP contribution < -0.4 is 5.73 Å². The van der Waals surface area contributed by atoms with Gasteiger partial charge in [0.15, 0.2) is 0 Å². The number of carbonyl (C=O) groups excluding carboxylic acids is 1. The molecule has 3 aromatic rings. The van der Waals surface area contributed by atoms with E-state index in [1.165, 1.54) is 28.4 Å². The summed E-state index contributed by atoms with van der Waals surface area (Å²) >= 11 is 2.85. The molecule has 0 aliphatic carbocycles. The fourth-order valence-electron chi connectivity index (χ4n) is 3.48. The van der Waals surface area contributed by atoms with Gasteiger partial charge < -0.3 is 15.3 Å². The molecule has 0 radical (unpaired) electrons. The Labute approximate surface area is 162 Å². The van der Waals surface area contributed by atoms with E-state index in [1.54, 1.807) is 0 Å². The summed E-state index contributed by atoms with van der Waals surface area (Å²) in [5, 5.41) is 11.4. The van der Waals surface area contributed by atoms with Crippen molar-refractivity contribution in [2.24, 2.45) is 5.73 Å². The molecule has 0 bridgehead atoms. The Morgan fingerprint density at radius 2 is 2.00 bits per heavy atom. The van der Waals surface area contributed by atoms with Gasteiger partial charge in [-0.3, -0.25) is 9.69 Å². The van der Waals surface area contributed by atoms with Crippen molar-refractivity contribution in [1.29, 1.82) is 0 Å². The number of hydrogen-bond donors (Lipinski definition) is 2. The van der Waals surface area contributed by atoms with Gasteiger partial charge in [0.05, 0.1) is 0 Å². The van der Waals surface area contributed by atoms with Crippen molar-refractivity contribution >= 4 is 57.3 Å². The van der Waals surface area contributed by atoms with Crippen LogP contribution in [0.2, 0.25) is 0 Å². The predicted octanol–water partition coefficient (Wildman–Crippen LogP) is 3.22. The molecule has 0 saturated carbocycles. The number of amides is 1. The third kappa shape index (κ3) is 2.48. The maximum Gasteiger partial charge on any atom is 0.353 e. The number of carboxylic acid groups (broad SMARTS) is 1. The molecular formula is C19H14N2O4S2. The summed E-state index contributed by atoms with van der Waals surface area (Å²) in [6.45, 7) is 0. The van der Waals surface area contributed by atoms with Crippen molar-refractivity contribution in [1.82, 2.24) is 4.90 Å². The lowest BCUT2D eigenvalue weighted by Gasteiger charge is -2.47. The van der Waals surface area contributed by atoms with Crippen LogP contribution in [0.25, 0.3) is 21.9 Å². The van der Waals surface area contributed by atoms with Crippen LogP contribution in [-0.4, -0.2) is 39.1 Å². The first-order chi connectivity index (χ1) is 13.0. The highest BCUT2D eigenvalue weighted by Gasteiger charge is 2.51. The molecule has 2 aromatic carbocycles. The molecule has 2 atom stereocenters. The third-order valence-corrected chi connectivity index (χ3v) is 7.33. The molecular weight excluding hydrogens is 384 g/mol. The highest BCUT2D eigenvalue weighted by molar-refractivity contribution is 8.06. The van der Waals surface area contributed by atoms with E-state index in [0.717, 1.165) is 26.8 Å². The van der Waals surface area contributed by atoms with Gasteiger partial charge in [0.25, 0.3) is 0 Å². The maximum atomic E-state index is 12.0. The second-order valence-electron chi connectivity index (χ2n) is 6.37. The SMILES string of the molecule is N[C@@H]1C(=O)N2C(C(=O)O)=C(Sc3ccc4c(c3)oc3ccccc34)CS[C@H]12. The van der Waals surface area contributed by atoms with Crippen LogP contribution in [0, 0.1) is 0 Å². The summed E-state index contributed by atoms with van der Waals surface area (Å²) in [7, 11) is 0. The van der Waals surface area contributed by atoms with Crippen LogP contribution in [0.5, 0.6) is 0 Å². The van der Waals surface area contributed by atoms with Crippen LogP contribution in [0.4, 0.5) is 0 Å². The molecule has 2 aliphatic rings. The van der Waals surface area contributed by atoms with E-state index >= 15 is 0 Å². The average molecular weight is 398 g/mol. The molecule has 3 N–H and O–H groups in total. The number of rotatable bonds is 3. The van der Waals surface area contributed by atoms with Crippen LogP contribution in [0.1, 0.15) is 0 Å². The molecule has 5 rings (SSSR count). The number of nitrogens with zero attached hydrogens (tertiary/aromatic N) is 1. The number of hydrogen-bond acceptors (Lipinski definition) is 6. The minimum absolute atomic E-state index is 0.0418. The smallest absolute Gasteiger partial charge is 0.353 e. The molecule has 1 amide bonds. The average Bonchev–Trinajstić information content (AvgIpc) is 3.04. The zero-order chi connectivity index (χ0) is 18.7. The van der Waals surface area contributed by atoms with Crippen LogP contribution in [-0.2, 0) is 9.59 Å². The maximum absolute atomic E-state index is 12.0. The van der Waals surface area contributed by atoms with E-state index in [-0.39, 0.29) is 17.0 Å². The third-order valence-electron chi connectivity index (χ3n) is 4.77. The number of benzene rings is 2. The van der Waals surface area contributed by atoms with Crippen molar-refractivity contribution in [3.05, 3.63) is 53.1 Å². The second-order valence-corrected chi connectivity index (χ2v) is 8.64. The van der Waals surface area contributed by atoms with Crippen molar-refractivity contribution in [3.63, 3.8) is 0 Å². The standard InChI is InChI=1S/C19H14N2O4S2/c20-15-17(22)21-16(19(23)24)14(8-26-18(15)21)27-9-5-6-11-10-3-1-2-4-12(10)25-13(11)7-9/h1-7,15,18H,8,20H2,(H,23,24)/t15-,18-/m1/s1. The van der Waals surface area contributed by atoms with E-state index < -0.39 is 12.0 Å². The molecule has 3 heterocycles. The van der Waals surface area contributed by atoms with Gasteiger partial charge in [-0.05, 0) is 24.3 Å². The molecule has 136 valence electrons. The lowest BCUT2D eigenvalue weighted by atomic mass is 10.1. The van der Waals surface area contributed by atoms with Crippen molar-refractivity contribution < 1.29 is 19.1 Å². The number of thioether (sulfide) groups is 2. The highest BCUT2D eigenvalue weighted by atomic mass is 32.2. The van der Waals surface area contributed by atoms with Gasteiger partial charge in [0.2, 0.25) is 5.91 Å². The van der Waals surface area contributed by atoms with E-state index in [2.05, 4.69) is 0 Å². The lowest BCUT2D eigenvalue weighted by molar-refractivity contribution is -0.147. The second kappa shape index (κ2) is 6.05. The largest absolute Gasteiger partial charge is 0.477 e. The Kier molecular flexibility index (Phi) is 3.75. The van der Waals surface area contributed by atoms with Crippen LogP contribution in [0.3, 0.4) is 0 Å². The Bertz CT molecular complexity index is 1150. The molecule has 1 aromatic heterocycles. The lowest BCUT2D eigenvalue weighted by Crippen LogP contribution is -2.68. The molecule has 8 heteroatoms. The minimum atomic E-state index is -1.10. The number of para-hydroxylation sites is 1. The normalized spacial score (nSPS) is 22.3. The highest BCUT2D eigenvalue weighted by Crippen LogP contribution is 2.45. The first-order valence-electron chi connectivity index (χ1n) is 8.30. The summed E-state index contributed by atoms with van der Waals surface area (Å²) in [6.07, 6.45) is 0. The summed E-state index contributed by atoms with van der Waals surface area (Å²) in [5.41, 5.74) is 7.40. The molecule has 2 aliphatic heterocycles. The van der Waals surface area contributed by atoms with Gasteiger partial charge in [0.1, 0.15) is 28.3 Å². The topological polar surface area (TPSA) is 96.8 Å². The molecule has 0 spiro atoms. The molecule has 0 unspecified atom stereocenters. The number of furan rings is 1. The zero-order valence-corrected chi connectivity index (χ0v) is 15.5. The first-order valence-corrected chi connectivity index (χ1v) is 10.2. The first kappa shape index (κ1) is 16.7. The quantitative estimate of drug-likeness (QED) is 0.654. The molecule has 1 fully saturated rings. The molecule has 1 saturated heterocycles. The summed E-state index contributed by atoms with van der Waals surface area (Å²) in [4.78, 5) is 26.7. The van der Waals surface area contributed by atoms with E-state index in [4.69, 9.17) is 10.2 Å². The number of nitrogens with two attached hydrogens (primary N) is 1. The summed E-state index contributed by atoms with van der Waals surface area (Å²) in [5.74, 6) is -0.935. The van der Waals surface area contributed by atoms with Crippen LogP contribution >= 0.6 is 23.5 Å². The van der Waals surface area contributed by atoms with Gasteiger partial charge in [-0.15, -0.1) is 11.8 Å². The number of carboxylic acids is 1. The van der Waals surface area contributed by atoms with Crippen molar-refractivity contribution in [3.8, 4) is 0 Å². The Morgan fingerprint density at radius 1 is 1.22 bits per heavy atom. The summed E-state index contributed by atoms with van der Waals surface area (Å²) in [6, 6.07) is 13.0. The van der Waals surface area contributed by atoms with Gasteiger partial charge in [-0.1, -0.05) is 30.0 Å². The number of β-lactam (4-membered cyclic amide) rings is 1. The van der Waals surface area contributed by atoms with Crippen molar-refractivity contribution in [2.75, 3.05) is 5.75 Å². The Hall–Kier alpha value is -2.42. The number of fused-ring (bicyclic) bond motifs is 4. The summed E-state index contributed by atoms with van der Waals surface area (Å²) < 4.78 is 5.91. The Morgan fingerprint density at radius 3 is 2.81 bits per heavy atom. The monoisotopic (exact) mass is 398 g/mol. The fourth-order valence-corrected chi connectivity index (χ4v) is 5.93. The van der Waals surface area contributed by atoms with Gasteiger partial charge >= 0.3 is 5.97 Å². The molecule has 27 heavy (non-hydrogen) atoms. The van der Waals surface area contributed by atoms with Crippen LogP contribution in [0.15, 0.2) is 62.4 Å². The zero-order valence-electron chi connectivity index (χ0n) is 13.9. The van der Waals surface area contributed by atoms with E-state index in [0.29, 0.717) is 10.7 Å². The van der Waals surface area contributed by atoms with E-state index in [1.807, 2.05) is 42.5 Å². The predicted molar refractivity (Wildman–Crippen MR) is 105 cm³/mol. The van der Waals surface area contributed by atoms with E-state index in [9.17, 15) is 14.7 Å². The fraction of sp³-hybridized carbons (Fsp3) is 0.158. The minimum Gasteiger partial charge on any atom is -0.477 e. The van der Waals surface area contributed by atoms with Gasteiger partial charge in [0, 0.05) is 26.3 Å². The van der Waals surface area contributed by atoms with Gasteiger partial charge in [-0.2, -0.15) is 0 Å². The van der Waals surface area contributed by atoms with Gasteiger partial charge in [-0.25, -0.2) is 4.79 Å². The number of aliphatic carboxylic acids is 1. The Balaban J connectivity index is 1.54.